The zero-order valence-corrected chi connectivity index (χ0v) is 9.06. The molecule has 0 saturated carbocycles. The molecule has 2 heterocycles. The van der Waals surface area contributed by atoms with Crippen molar-refractivity contribution in [1.29, 1.82) is 0 Å². The molecule has 84 valence electrons. The van der Waals surface area contributed by atoms with Crippen LogP contribution in [0.15, 0.2) is 4.52 Å². The molecule has 0 aromatic carbocycles. The van der Waals surface area contributed by atoms with Crippen molar-refractivity contribution in [3.8, 4) is 0 Å². The average Bonchev–Trinajstić information content (AvgIpc) is 2.85. The maximum absolute atomic E-state index is 9.54. The minimum Gasteiger partial charge on any atom is -0.385 e. The molecule has 15 heavy (non-hydrogen) atoms. The van der Waals surface area contributed by atoms with Gasteiger partial charge in [-0.3, -0.25) is 0 Å². The topological polar surface area (TPSA) is 68.4 Å². The van der Waals surface area contributed by atoms with Gasteiger partial charge in [-0.25, -0.2) is 0 Å². The SMILES string of the molecule is CCC(O)c1noc(C2(C)CCCO2)n1. The number of hydrogen-bond donors (Lipinski definition) is 1. The molecule has 1 aromatic heterocycles. The van der Waals surface area contributed by atoms with Crippen LogP contribution in [0.3, 0.4) is 0 Å². The molecule has 2 rings (SSSR count). The van der Waals surface area contributed by atoms with E-state index in [9.17, 15) is 5.11 Å². The molecule has 2 atom stereocenters. The van der Waals surface area contributed by atoms with Gasteiger partial charge in [-0.1, -0.05) is 12.1 Å². The van der Waals surface area contributed by atoms with Crippen molar-refractivity contribution in [2.24, 2.45) is 0 Å². The summed E-state index contributed by atoms with van der Waals surface area (Å²) in [5.74, 6) is 0.826. The number of aromatic nitrogens is 2. The van der Waals surface area contributed by atoms with Crippen LogP contribution in [-0.4, -0.2) is 21.9 Å². The van der Waals surface area contributed by atoms with E-state index in [4.69, 9.17) is 9.26 Å². The van der Waals surface area contributed by atoms with E-state index in [0.717, 1.165) is 19.4 Å². The minimum absolute atomic E-state index is 0.351. The largest absolute Gasteiger partial charge is 0.385 e. The zero-order valence-electron chi connectivity index (χ0n) is 9.06. The van der Waals surface area contributed by atoms with Crippen molar-refractivity contribution in [3.63, 3.8) is 0 Å². The monoisotopic (exact) mass is 212 g/mol. The van der Waals surface area contributed by atoms with Crippen molar-refractivity contribution in [2.45, 2.75) is 44.8 Å². The minimum atomic E-state index is -0.646. The van der Waals surface area contributed by atoms with Gasteiger partial charge in [0.05, 0.1) is 0 Å². The highest BCUT2D eigenvalue weighted by atomic mass is 16.5. The first-order valence-corrected chi connectivity index (χ1v) is 5.32. The van der Waals surface area contributed by atoms with E-state index in [1.165, 1.54) is 0 Å². The summed E-state index contributed by atoms with van der Waals surface area (Å²) in [4.78, 5) is 4.18. The first kappa shape index (κ1) is 10.6. The Balaban J connectivity index is 2.19. The van der Waals surface area contributed by atoms with Gasteiger partial charge in [0.25, 0.3) is 5.89 Å². The van der Waals surface area contributed by atoms with Gasteiger partial charge < -0.3 is 14.4 Å². The highest BCUT2D eigenvalue weighted by molar-refractivity contribution is 5.01. The predicted octanol–water partition coefficient (Wildman–Crippen LogP) is 1.54. The summed E-state index contributed by atoms with van der Waals surface area (Å²) in [5, 5.41) is 13.3. The van der Waals surface area contributed by atoms with E-state index in [2.05, 4.69) is 10.1 Å². The van der Waals surface area contributed by atoms with Crippen LogP contribution in [-0.2, 0) is 10.3 Å². The fourth-order valence-corrected chi connectivity index (χ4v) is 1.72. The Morgan fingerprint density at radius 1 is 1.60 bits per heavy atom. The van der Waals surface area contributed by atoms with Crippen molar-refractivity contribution in [2.75, 3.05) is 6.61 Å². The van der Waals surface area contributed by atoms with E-state index in [-0.39, 0.29) is 0 Å². The molecule has 0 amide bonds. The van der Waals surface area contributed by atoms with Gasteiger partial charge in [-0.2, -0.15) is 4.98 Å². The maximum atomic E-state index is 9.54. The molecule has 1 aliphatic heterocycles. The first-order chi connectivity index (χ1) is 7.15. The van der Waals surface area contributed by atoms with Gasteiger partial charge in [0.1, 0.15) is 11.7 Å². The summed E-state index contributed by atoms with van der Waals surface area (Å²) >= 11 is 0. The van der Waals surface area contributed by atoms with Crippen molar-refractivity contribution in [1.82, 2.24) is 10.1 Å². The molecule has 0 aliphatic carbocycles. The predicted molar refractivity (Wildman–Crippen MR) is 52.1 cm³/mol. The molecular weight excluding hydrogens is 196 g/mol. The Kier molecular flexibility index (Phi) is 2.75. The molecule has 1 aliphatic rings. The molecule has 0 bridgehead atoms. The van der Waals surface area contributed by atoms with Crippen molar-refractivity contribution in [3.05, 3.63) is 11.7 Å². The third-order valence-electron chi connectivity index (χ3n) is 2.80. The molecule has 5 heteroatoms. The Morgan fingerprint density at radius 2 is 2.40 bits per heavy atom. The van der Waals surface area contributed by atoms with Gasteiger partial charge in [0.15, 0.2) is 5.82 Å². The van der Waals surface area contributed by atoms with E-state index in [0.29, 0.717) is 18.1 Å². The number of nitrogens with zero attached hydrogens (tertiary/aromatic N) is 2. The lowest BCUT2D eigenvalue weighted by atomic mass is 10.0. The first-order valence-electron chi connectivity index (χ1n) is 5.32. The lowest BCUT2D eigenvalue weighted by Crippen LogP contribution is -2.20. The quantitative estimate of drug-likeness (QED) is 0.823. The molecule has 0 radical (unpaired) electrons. The third kappa shape index (κ3) is 1.89. The van der Waals surface area contributed by atoms with Gasteiger partial charge in [0.2, 0.25) is 0 Å². The second-order valence-electron chi connectivity index (χ2n) is 4.06. The number of aliphatic hydroxyl groups excluding tert-OH is 1. The number of hydrogen-bond acceptors (Lipinski definition) is 5. The highest BCUT2D eigenvalue weighted by Gasteiger charge is 2.37. The van der Waals surface area contributed by atoms with Crippen LogP contribution in [0.5, 0.6) is 0 Å². The van der Waals surface area contributed by atoms with Crippen LogP contribution in [0.1, 0.15) is 50.9 Å². The molecule has 0 spiro atoms. The summed E-state index contributed by atoms with van der Waals surface area (Å²) in [5.41, 5.74) is -0.460. The van der Waals surface area contributed by atoms with Crippen molar-refractivity contribution < 1.29 is 14.4 Å². The normalized spacial score (nSPS) is 28.2. The highest BCUT2D eigenvalue weighted by Crippen LogP contribution is 2.34. The Hall–Kier alpha value is -0.940. The van der Waals surface area contributed by atoms with Gasteiger partial charge >= 0.3 is 0 Å². The van der Waals surface area contributed by atoms with Gasteiger partial charge in [0, 0.05) is 6.61 Å². The van der Waals surface area contributed by atoms with Crippen LogP contribution < -0.4 is 0 Å². The summed E-state index contributed by atoms with van der Waals surface area (Å²) in [6.07, 6.45) is 1.82. The van der Waals surface area contributed by atoms with Gasteiger partial charge in [-0.15, -0.1) is 0 Å². The molecule has 1 saturated heterocycles. The van der Waals surface area contributed by atoms with Crippen LogP contribution in [0.25, 0.3) is 0 Å². The number of rotatable bonds is 3. The Bertz CT molecular complexity index is 331. The molecule has 1 aromatic rings. The summed E-state index contributed by atoms with van der Waals surface area (Å²) < 4.78 is 10.7. The summed E-state index contributed by atoms with van der Waals surface area (Å²) in [6, 6.07) is 0. The lowest BCUT2D eigenvalue weighted by molar-refractivity contribution is -0.00937. The second-order valence-corrected chi connectivity index (χ2v) is 4.06. The number of aliphatic hydroxyl groups is 1. The fraction of sp³-hybridized carbons (Fsp3) is 0.800. The van der Waals surface area contributed by atoms with Crippen LogP contribution >= 0.6 is 0 Å². The smallest absolute Gasteiger partial charge is 0.258 e. The second kappa shape index (κ2) is 3.90. The Morgan fingerprint density at radius 3 is 3.00 bits per heavy atom. The fourth-order valence-electron chi connectivity index (χ4n) is 1.72. The number of ether oxygens (including phenoxy) is 1. The standard InChI is InChI=1S/C10H16N2O3/c1-3-7(13)8-11-9(15-12-8)10(2)5-4-6-14-10/h7,13H,3-6H2,1-2H3. The van der Waals surface area contributed by atoms with E-state index in [1.807, 2.05) is 13.8 Å². The molecule has 1 fully saturated rings. The molecule has 5 nitrogen and oxygen atoms in total. The van der Waals surface area contributed by atoms with E-state index in [1.54, 1.807) is 0 Å². The lowest BCUT2D eigenvalue weighted by Gasteiger charge is -2.16. The molecule has 2 unspecified atom stereocenters. The summed E-state index contributed by atoms with van der Waals surface area (Å²) in [6.45, 7) is 4.54. The van der Waals surface area contributed by atoms with Crippen LogP contribution in [0.2, 0.25) is 0 Å². The van der Waals surface area contributed by atoms with Crippen molar-refractivity contribution >= 4 is 0 Å². The maximum Gasteiger partial charge on any atom is 0.258 e. The van der Waals surface area contributed by atoms with Gasteiger partial charge in [-0.05, 0) is 26.2 Å². The Labute approximate surface area is 88.4 Å². The molecule has 1 N–H and O–H groups in total. The summed E-state index contributed by atoms with van der Waals surface area (Å²) in [7, 11) is 0. The zero-order chi connectivity index (χ0) is 10.9. The van der Waals surface area contributed by atoms with E-state index < -0.39 is 11.7 Å². The molecular formula is C10H16N2O3. The third-order valence-corrected chi connectivity index (χ3v) is 2.80. The van der Waals surface area contributed by atoms with Crippen LogP contribution in [0, 0.1) is 0 Å². The van der Waals surface area contributed by atoms with E-state index >= 15 is 0 Å². The van der Waals surface area contributed by atoms with Crippen LogP contribution in [0.4, 0.5) is 0 Å². The average molecular weight is 212 g/mol.